The molecule has 0 saturated heterocycles. The van der Waals surface area contributed by atoms with Crippen molar-refractivity contribution in [2.75, 3.05) is 13.6 Å². The van der Waals surface area contributed by atoms with Crippen molar-refractivity contribution >= 4 is 12.0 Å². The maximum absolute atomic E-state index is 12.4. The molecule has 0 aliphatic rings. The average molecular weight is 278 g/mol. The van der Waals surface area contributed by atoms with Crippen LogP contribution >= 0.6 is 0 Å². The van der Waals surface area contributed by atoms with Crippen molar-refractivity contribution in [3.8, 4) is 0 Å². The maximum atomic E-state index is 12.4. The van der Waals surface area contributed by atoms with Crippen molar-refractivity contribution in [2.24, 2.45) is 0 Å². The number of hydrogen-bond donors (Lipinski definition) is 1. The first-order chi connectivity index (χ1) is 9.30. The zero-order valence-electron chi connectivity index (χ0n) is 12.5. The van der Waals surface area contributed by atoms with Gasteiger partial charge in [-0.1, -0.05) is 30.3 Å². The molecule has 0 atom stereocenters. The van der Waals surface area contributed by atoms with Crippen LogP contribution < -0.4 is 0 Å². The van der Waals surface area contributed by atoms with Gasteiger partial charge in [0.15, 0.2) is 0 Å². The van der Waals surface area contributed by atoms with Gasteiger partial charge in [0.2, 0.25) is 0 Å². The van der Waals surface area contributed by atoms with Gasteiger partial charge in [0.1, 0.15) is 5.54 Å². The van der Waals surface area contributed by atoms with Gasteiger partial charge in [0, 0.05) is 20.1 Å². The third-order valence-corrected chi connectivity index (χ3v) is 3.33. The summed E-state index contributed by atoms with van der Waals surface area (Å²) in [7, 11) is 1.68. The number of carbonyl (C=O) groups excluding carboxylic acids is 1. The smallest absolute Gasteiger partial charge is 0.329 e. The Hall–Kier alpha value is -2.04. The van der Waals surface area contributed by atoms with Crippen LogP contribution in [0, 0.1) is 0 Å². The van der Waals surface area contributed by atoms with Crippen molar-refractivity contribution < 1.29 is 14.7 Å². The summed E-state index contributed by atoms with van der Waals surface area (Å²) < 4.78 is 0. The van der Waals surface area contributed by atoms with E-state index in [1.54, 1.807) is 14.0 Å². The fourth-order valence-electron chi connectivity index (χ4n) is 2.02. The lowest BCUT2D eigenvalue weighted by molar-refractivity contribution is -0.147. The molecule has 1 aromatic carbocycles. The molecule has 1 rings (SSSR count). The average Bonchev–Trinajstić information content (AvgIpc) is 2.40. The summed E-state index contributed by atoms with van der Waals surface area (Å²) in [5, 5.41) is 9.25. The fraction of sp³-hybridized carbons (Fsp3) is 0.467. The van der Waals surface area contributed by atoms with Gasteiger partial charge >= 0.3 is 12.0 Å². The largest absolute Gasteiger partial charge is 0.480 e. The number of carboxylic acid groups (broad SMARTS) is 1. The number of rotatable bonds is 5. The summed E-state index contributed by atoms with van der Waals surface area (Å²) in [6.07, 6.45) is 0. The van der Waals surface area contributed by atoms with Gasteiger partial charge in [-0.2, -0.15) is 0 Å². The highest BCUT2D eigenvalue weighted by molar-refractivity contribution is 5.85. The van der Waals surface area contributed by atoms with Crippen molar-refractivity contribution in [2.45, 2.75) is 32.9 Å². The zero-order valence-corrected chi connectivity index (χ0v) is 12.5. The van der Waals surface area contributed by atoms with Gasteiger partial charge in [-0.15, -0.1) is 0 Å². The summed E-state index contributed by atoms with van der Waals surface area (Å²) >= 11 is 0. The molecule has 0 unspecified atom stereocenters. The van der Waals surface area contributed by atoms with Crippen LogP contribution in [0.15, 0.2) is 30.3 Å². The molecule has 2 amide bonds. The van der Waals surface area contributed by atoms with E-state index in [1.807, 2.05) is 30.3 Å². The Bertz CT molecular complexity index is 471. The highest BCUT2D eigenvalue weighted by Crippen LogP contribution is 2.17. The van der Waals surface area contributed by atoms with Gasteiger partial charge in [0.25, 0.3) is 0 Å². The van der Waals surface area contributed by atoms with Crippen LogP contribution in [0.1, 0.15) is 26.3 Å². The Morgan fingerprint density at radius 3 is 2.20 bits per heavy atom. The van der Waals surface area contributed by atoms with Crippen LogP contribution in [0.2, 0.25) is 0 Å². The van der Waals surface area contributed by atoms with Crippen molar-refractivity contribution in [1.82, 2.24) is 9.80 Å². The quantitative estimate of drug-likeness (QED) is 0.899. The molecular weight excluding hydrogens is 256 g/mol. The van der Waals surface area contributed by atoms with E-state index in [-0.39, 0.29) is 6.03 Å². The summed E-state index contributed by atoms with van der Waals surface area (Å²) in [5.74, 6) is -1.01. The van der Waals surface area contributed by atoms with Crippen LogP contribution in [-0.2, 0) is 11.3 Å². The Kier molecular flexibility index (Phi) is 5.13. The molecule has 0 spiro atoms. The molecule has 0 aliphatic carbocycles. The number of amides is 2. The number of nitrogens with zero attached hydrogens (tertiary/aromatic N) is 2. The SMILES string of the molecule is CCN(C(=O)N(C)Cc1ccccc1)C(C)(C)C(=O)O. The van der Waals surface area contributed by atoms with Crippen molar-refractivity contribution in [3.05, 3.63) is 35.9 Å². The zero-order chi connectivity index (χ0) is 15.3. The Labute approximate surface area is 119 Å². The highest BCUT2D eigenvalue weighted by Gasteiger charge is 2.38. The molecule has 1 aromatic rings. The number of benzene rings is 1. The van der Waals surface area contributed by atoms with Crippen molar-refractivity contribution in [3.63, 3.8) is 0 Å². The van der Waals surface area contributed by atoms with Gasteiger partial charge < -0.3 is 14.9 Å². The Morgan fingerprint density at radius 2 is 1.75 bits per heavy atom. The second kappa shape index (κ2) is 6.41. The van der Waals surface area contributed by atoms with Gasteiger partial charge in [-0.05, 0) is 26.3 Å². The third kappa shape index (κ3) is 3.50. The van der Waals surface area contributed by atoms with Crippen LogP contribution in [0.4, 0.5) is 4.79 Å². The van der Waals surface area contributed by atoms with E-state index in [2.05, 4.69) is 0 Å². The fourth-order valence-corrected chi connectivity index (χ4v) is 2.02. The Balaban J connectivity index is 2.84. The molecule has 0 heterocycles. The lowest BCUT2D eigenvalue weighted by Crippen LogP contribution is -2.56. The number of likely N-dealkylation sites (N-methyl/N-ethyl adjacent to an activating group) is 1. The molecule has 0 radical (unpaired) electrons. The number of urea groups is 1. The molecule has 20 heavy (non-hydrogen) atoms. The summed E-state index contributed by atoms with van der Waals surface area (Å²) in [5.41, 5.74) is -0.218. The van der Waals surface area contributed by atoms with Gasteiger partial charge in [-0.25, -0.2) is 9.59 Å². The van der Waals surface area contributed by atoms with E-state index in [1.165, 1.54) is 23.6 Å². The second-order valence-corrected chi connectivity index (χ2v) is 5.23. The highest BCUT2D eigenvalue weighted by atomic mass is 16.4. The standard InChI is InChI=1S/C15H22N2O3/c1-5-17(15(2,3)13(18)19)14(20)16(4)11-12-9-7-6-8-10-12/h6-10H,5,11H2,1-4H3,(H,18,19). The summed E-state index contributed by atoms with van der Waals surface area (Å²) in [4.78, 5) is 26.6. The van der Waals surface area contributed by atoms with E-state index >= 15 is 0 Å². The molecule has 110 valence electrons. The number of aliphatic carboxylic acids is 1. The molecule has 0 aliphatic heterocycles. The van der Waals surface area contributed by atoms with Crippen LogP contribution in [0.25, 0.3) is 0 Å². The minimum absolute atomic E-state index is 0.288. The molecule has 1 N–H and O–H groups in total. The molecule has 0 aromatic heterocycles. The molecule has 5 nitrogen and oxygen atoms in total. The van der Waals surface area contributed by atoms with Crippen LogP contribution in [0.3, 0.4) is 0 Å². The normalized spacial score (nSPS) is 11.0. The predicted octanol–water partition coefficient (Wildman–Crippen LogP) is 2.42. The summed E-state index contributed by atoms with van der Waals surface area (Å²) in [6.45, 7) is 5.64. The monoisotopic (exact) mass is 278 g/mol. The van der Waals surface area contributed by atoms with E-state index in [4.69, 9.17) is 0 Å². The molecule has 0 saturated carbocycles. The second-order valence-electron chi connectivity index (χ2n) is 5.23. The minimum Gasteiger partial charge on any atom is -0.480 e. The van der Waals surface area contributed by atoms with Crippen LogP contribution in [-0.4, -0.2) is 46.0 Å². The first-order valence-corrected chi connectivity index (χ1v) is 6.60. The lowest BCUT2D eigenvalue weighted by atomic mass is 10.0. The first kappa shape index (κ1) is 16.0. The number of carbonyl (C=O) groups is 2. The van der Waals surface area contributed by atoms with Crippen LogP contribution in [0.5, 0.6) is 0 Å². The maximum Gasteiger partial charge on any atom is 0.329 e. The number of carboxylic acids is 1. The topological polar surface area (TPSA) is 60.9 Å². The molecule has 5 heteroatoms. The van der Waals surface area contributed by atoms with E-state index < -0.39 is 11.5 Å². The number of hydrogen-bond acceptors (Lipinski definition) is 2. The van der Waals surface area contributed by atoms with E-state index in [0.29, 0.717) is 13.1 Å². The first-order valence-electron chi connectivity index (χ1n) is 6.60. The predicted molar refractivity (Wildman–Crippen MR) is 77.4 cm³/mol. The van der Waals surface area contributed by atoms with Gasteiger partial charge in [-0.3, -0.25) is 0 Å². The molecule has 0 fully saturated rings. The summed E-state index contributed by atoms with van der Waals surface area (Å²) in [6, 6.07) is 9.31. The van der Waals surface area contributed by atoms with Gasteiger partial charge in [0.05, 0.1) is 0 Å². The lowest BCUT2D eigenvalue weighted by Gasteiger charge is -2.37. The van der Waals surface area contributed by atoms with E-state index in [9.17, 15) is 14.7 Å². The Morgan fingerprint density at radius 1 is 1.20 bits per heavy atom. The molecule has 0 bridgehead atoms. The minimum atomic E-state index is -1.23. The van der Waals surface area contributed by atoms with E-state index in [0.717, 1.165) is 5.56 Å². The molecular formula is C15H22N2O3. The third-order valence-electron chi connectivity index (χ3n) is 3.33. The van der Waals surface area contributed by atoms with Crippen molar-refractivity contribution in [1.29, 1.82) is 0 Å².